The Morgan fingerprint density at radius 3 is 2.62 bits per heavy atom. The molecule has 0 atom stereocenters. The second kappa shape index (κ2) is 4.03. The van der Waals surface area contributed by atoms with Crippen LogP contribution in [0.4, 0.5) is 0 Å². The molecule has 0 amide bonds. The molecule has 0 aromatic heterocycles. The molecule has 1 rings (SSSR count). The lowest BCUT2D eigenvalue weighted by Gasteiger charge is -2.09. The molecule has 0 unspecified atom stereocenters. The smallest absolute Gasteiger partial charge is 0.119 e. The van der Waals surface area contributed by atoms with E-state index in [4.69, 9.17) is 17.3 Å². The van der Waals surface area contributed by atoms with Crippen LogP contribution in [0.2, 0.25) is 0 Å². The Kier molecular flexibility index (Phi) is 3.01. The molecule has 2 radical (unpaired) electrons. The molecular weight excluding hydrogens is 163 g/mol. The molecule has 0 aliphatic carbocycles. The van der Waals surface area contributed by atoms with Gasteiger partial charge in [0.2, 0.25) is 0 Å². The topological polar surface area (TPSA) is 18.5 Å². The maximum Gasteiger partial charge on any atom is 0.119 e. The van der Waals surface area contributed by atoms with Crippen molar-refractivity contribution in [1.82, 2.24) is 0 Å². The minimum Gasteiger partial charge on any atom is -0.497 e. The lowest BCUT2D eigenvalue weighted by atomic mass is 9.90. The Balaban J connectivity index is 3.11. The third-order valence-electron chi connectivity index (χ3n) is 1.81. The zero-order valence-corrected chi connectivity index (χ0v) is 7.83. The fourth-order valence-corrected chi connectivity index (χ4v) is 1.01. The third kappa shape index (κ3) is 2.05. The van der Waals surface area contributed by atoms with E-state index in [0.717, 1.165) is 11.3 Å². The highest BCUT2D eigenvalue weighted by molar-refractivity contribution is 6.34. The van der Waals surface area contributed by atoms with E-state index in [1.54, 1.807) is 32.4 Å². The highest BCUT2D eigenvalue weighted by Crippen LogP contribution is 2.16. The summed E-state index contributed by atoms with van der Waals surface area (Å²) in [5, 5.41) is 0. The van der Waals surface area contributed by atoms with Crippen LogP contribution in [0.5, 0.6) is 5.75 Å². The van der Waals surface area contributed by atoms with E-state index in [0.29, 0.717) is 11.2 Å². The van der Waals surface area contributed by atoms with Gasteiger partial charge in [-0.05, 0) is 12.1 Å². The minimum atomic E-state index is 0.538. The first-order chi connectivity index (χ1) is 6.19. The summed E-state index contributed by atoms with van der Waals surface area (Å²) in [4.78, 5) is 0. The summed E-state index contributed by atoms with van der Waals surface area (Å²) in [6.45, 7) is 3.72. The van der Waals surface area contributed by atoms with E-state index >= 15 is 0 Å². The van der Waals surface area contributed by atoms with Crippen LogP contribution in [0.3, 0.4) is 0 Å². The maximum atomic E-state index is 5.72. The molecule has 0 spiro atoms. The Morgan fingerprint density at radius 1 is 1.38 bits per heavy atom. The fraction of sp³-hybridized carbons (Fsp3) is 0.200. The van der Waals surface area contributed by atoms with Gasteiger partial charge in [0, 0.05) is 5.56 Å². The van der Waals surface area contributed by atoms with Gasteiger partial charge in [0.15, 0.2) is 0 Å². The summed E-state index contributed by atoms with van der Waals surface area (Å²) in [5.41, 5.74) is 1.40. The standard InChI is InChI=1S/C10H11BO2/c1-7(12-2)9-6-8(13-3)4-5-10(9)11/h4-6H,1H2,2-3H3. The normalized spacial score (nSPS) is 9.38. The Hall–Kier alpha value is -1.38. The third-order valence-corrected chi connectivity index (χ3v) is 1.81. The first kappa shape index (κ1) is 9.71. The van der Waals surface area contributed by atoms with Crippen molar-refractivity contribution in [1.29, 1.82) is 0 Å². The van der Waals surface area contributed by atoms with Gasteiger partial charge in [-0.1, -0.05) is 18.1 Å². The van der Waals surface area contributed by atoms with Crippen molar-refractivity contribution in [2.75, 3.05) is 14.2 Å². The van der Waals surface area contributed by atoms with Crippen molar-refractivity contribution in [2.24, 2.45) is 0 Å². The summed E-state index contributed by atoms with van der Waals surface area (Å²) in [7, 11) is 8.88. The Bertz CT molecular complexity index is 321. The first-order valence-electron chi connectivity index (χ1n) is 3.86. The molecule has 2 nitrogen and oxygen atoms in total. The molecule has 66 valence electrons. The van der Waals surface area contributed by atoms with Crippen LogP contribution in [-0.4, -0.2) is 22.1 Å². The molecule has 0 heterocycles. The van der Waals surface area contributed by atoms with E-state index in [-0.39, 0.29) is 0 Å². The minimum absolute atomic E-state index is 0.538. The predicted molar refractivity (Wildman–Crippen MR) is 54.4 cm³/mol. The number of hydrogen-bond donors (Lipinski definition) is 0. The monoisotopic (exact) mass is 174 g/mol. The van der Waals surface area contributed by atoms with Gasteiger partial charge in [-0.25, -0.2) is 0 Å². The fourth-order valence-electron chi connectivity index (χ4n) is 1.01. The van der Waals surface area contributed by atoms with Gasteiger partial charge in [0.25, 0.3) is 0 Å². The average molecular weight is 174 g/mol. The number of ether oxygens (including phenoxy) is 2. The number of rotatable bonds is 3. The van der Waals surface area contributed by atoms with Crippen molar-refractivity contribution < 1.29 is 9.47 Å². The highest BCUT2D eigenvalue weighted by Gasteiger charge is 2.03. The number of benzene rings is 1. The zero-order valence-electron chi connectivity index (χ0n) is 7.83. The van der Waals surface area contributed by atoms with Crippen LogP contribution in [0.1, 0.15) is 5.56 Å². The van der Waals surface area contributed by atoms with E-state index in [1.807, 2.05) is 0 Å². The van der Waals surface area contributed by atoms with Gasteiger partial charge < -0.3 is 9.47 Å². The van der Waals surface area contributed by atoms with Crippen molar-refractivity contribution >= 4 is 19.1 Å². The summed E-state index contributed by atoms with van der Waals surface area (Å²) in [5.74, 6) is 1.28. The zero-order chi connectivity index (χ0) is 9.84. The number of hydrogen-bond acceptors (Lipinski definition) is 2. The summed E-state index contributed by atoms with van der Waals surface area (Å²) in [6, 6.07) is 5.35. The van der Waals surface area contributed by atoms with Gasteiger partial charge in [-0.2, -0.15) is 0 Å². The summed E-state index contributed by atoms with van der Waals surface area (Å²) in [6.07, 6.45) is 0. The van der Waals surface area contributed by atoms with E-state index in [2.05, 4.69) is 6.58 Å². The molecule has 3 heteroatoms. The van der Waals surface area contributed by atoms with E-state index in [1.165, 1.54) is 0 Å². The lowest BCUT2D eigenvalue weighted by molar-refractivity contribution is 0.371. The van der Waals surface area contributed by atoms with Crippen LogP contribution in [0.15, 0.2) is 24.8 Å². The van der Waals surface area contributed by atoms with Gasteiger partial charge >= 0.3 is 0 Å². The molecule has 0 N–H and O–H groups in total. The van der Waals surface area contributed by atoms with Gasteiger partial charge in [0.1, 0.15) is 19.4 Å². The molecule has 1 aromatic rings. The second-order valence-electron chi connectivity index (χ2n) is 2.58. The van der Waals surface area contributed by atoms with Crippen molar-refractivity contribution in [3.63, 3.8) is 0 Å². The van der Waals surface area contributed by atoms with Crippen LogP contribution in [0.25, 0.3) is 5.76 Å². The highest BCUT2D eigenvalue weighted by atomic mass is 16.5. The molecule has 13 heavy (non-hydrogen) atoms. The second-order valence-corrected chi connectivity index (χ2v) is 2.58. The largest absolute Gasteiger partial charge is 0.497 e. The van der Waals surface area contributed by atoms with Gasteiger partial charge in [-0.15, -0.1) is 0 Å². The molecule has 0 aliphatic heterocycles. The quantitative estimate of drug-likeness (QED) is 0.504. The van der Waals surface area contributed by atoms with Gasteiger partial charge in [0.05, 0.1) is 14.2 Å². The molecule has 0 fully saturated rings. The van der Waals surface area contributed by atoms with Crippen LogP contribution in [0, 0.1) is 0 Å². The predicted octanol–water partition coefficient (Wildman–Crippen LogP) is 1.11. The van der Waals surface area contributed by atoms with Crippen LogP contribution >= 0.6 is 0 Å². The lowest BCUT2D eigenvalue weighted by Crippen LogP contribution is -2.09. The van der Waals surface area contributed by atoms with Crippen LogP contribution < -0.4 is 10.2 Å². The first-order valence-corrected chi connectivity index (χ1v) is 3.86. The SMILES string of the molecule is [B]c1ccc(OC)cc1C(=C)OC. The molecular formula is C10H11BO2. The molecule has 0 saturated carbocycles. The molecule has 1 aromatic carbocycles. The van der Waals surface area contributed by atoms with Crippen molar-refractivity contribution in [2.45, 2.75) is 0 Å². The molecule has 0 saturated heterocycles. The number of methoxy groups -OCH3 is 2. The molecule has 0 aliphatic rings. The van der Waals surface area contributed by atoms with Crippen LogP contribution in [-0.2, 0) is 4.74 Å². The summed E-state index contributed by atoms with van der Waals surface area (Å²) < 4.78 is 10.0. The van der Waals surface area contributed by atoms with Crippen molar-refractivity contribution in [3.8, 4) is 5.75 Å². The Labute approximate surface area is 79.6 Å². The Morgan fingerprint density at radius 2 is 2.08 bits per heavy atom. The van der Waals surface area contributed by atoms with E-state index < -0.39 is 0 Å². The van der Waals surface area contributed by atoms with E-state index in [9.17, 15) is 0 Å². The average Bonchev–Trinajstić information content (AvgIpc) is 2.17. The maximum absolute atomic E-state index is 5.72. The molecule has 0 bridgehead atoms. The van der Waals surface area contributed by atoms with Crippen molar-refractivity contribution in [3.05, 3.63) is 30.3 Å². The van der Waals surface area contributed by atoms with Gasteiger partial charge in [-0.3, -0.25) is 0 Å². The summed E-state index contributed by atoms with van der Waals surface area (Å²) >= 11 is 0.